The summed E-state index contributed by atoms with van der Waals surface area (Å²) in [5.41, 5.74) is 4.37. The third kappa shape index (κ3) is 3.94. The molecule has 164 valence electrons. The Morgan fingerprint density at radius 2 is 1.73 bits per heavy atom. The van der Waals surface area contributed by atoms with E-state index in [1.807, 2.05) is 55.5 Å². The Morgan fingerprint density at radius 3 is 2.52 bits per heavy atom. The van der Waals surface area contributed by atoms with E-state index in [0.29, 0.717) is 23.5 Å². The van der Waals surface area contributed by atoms with Crippen LogP contribution in [0.25, 0.3) is 10.8 Å². The largest absolute Gasteiger partial charge is 0.493 e. The van der Waals surface area contributed by atoms with E-state index >= 15 is 0 Å². The van der Waals surface area contributed by atoms with Crippen LogP contribution in [0.3, 0.4) is 0 Å². The molecule has 5 rings (SSSR count). The number of fused-ring (bicyclic) bond motifs is 3. The minimum atomic E-state index is -0.450. The van der Waals surface area contributed by atoms with Gasteiger partial charge < -0.3 is 14.8 Å². The van der Waals surface area contributed by atoms with Gasteiger partial charge in [0, 0.05) is 18.0 Å². The van der Waals surface area contributed by atoms with Crippen LogP contribution in [-0.4, -0.2) is 19.0 Å². The van der Waals surface area contributed by atoms with Gasteiger partial charge in [0.15, 0.2) is 11.5 Å². The Morgan fingerprint density at radius 1 is 0.939 bits per heavy atom. The lowest BCUT2D eigenvalue weighted by molar-refractivity contribution is -0.116. The Balaban J connectivity index is 1.52. The van der Waals surface area contributed by atoms with E-state index in [0.717, 1.165) is 33.2 Å². The van der Waals surface area contributed by atoms with Gasteiger partial charge in [-0.2, -0.15) is 0 Å². The van der Waals surface area contributed by atoms with Crippen molar-refractivity contribution in [1.82, 2.24) is 0 Å². The minimum Gasteiger partial charge on any atom is -0.493 e. The Kier molecular flexibility index (Phi) is 5.31. The van der Waals surface area contributed by atoms with Gasteiger partial charge in [-0.25, -0.2) is 4.79 Å². The molecule has 1 N–H and O–H groups in total. The summed E-state index contributed by atoms with van der Waals surface area (Å²) in [4.78, 5) is 25.1. The van der Waals surface area contributed by atoms with E-state index in [4.69, 9.17) is 9.47 Å². The molecule has 1 aliphatic heterocycles. The zero-order chi connectivity index (χ0) is 22.9. The van der Waals surface area contributed by atoms with E-state index in [2.05, 4.69) is 17.4 Å². The highest BCUT2D eigenvalue weighted by atomic mass is 16.6. The molecule has 5 nitrogen and oxygen atoms in total. The van der Waals surface area contributed by atoms with Crippen LogP contribution in [0.2, 0.25) is 0 Å². The van der Waals surface area contributed by atoms with Gasteiger partial charge in [-0.05, 0) is 59.2 Å². The number of methoxy groups -OCH3 is 1. The van der Waals surface area contributed by atoms with Gasteiger partial charge in [-0.15, -0.1) is 0 Å². The number of nitrogens with one attached hydrogen (secondary N) is 1. The molecule has 0 spiro atoms. The first-order chi connectivity index (χ1) is 16.0. The quantitative estimate of drug-likeness (QED) is 0.321. The van der Waals surface area contributed by atoms with Crippen molar-refractivity contribution in [3.05, 3.63) is 101 Å². The number of carbonyl (C=O) groups excluding carboxylic acids is 2. The predicted octanol–water partition coefficient (Wildman–Crippen LogP) is 5.85. The minimum absolute atomic E-state index is 0.0309. The van der Waals surface area contributed by atoms with Crippen molar-refractivity contribution in [1.29, 1.82) is 0 Å². The van der Waals surface area contributed by atoms with Gasteiger partial charge in [-0.3, -0.25) is 4.79 Å². The molecule has 1 aliphatic rings. The molecular weight excluding hydrogens is 414 g/mol. The predicted molar refractivity (Wildman–Crippen MR) is 128 cm³/mol. The van der Waals surface area contributed by atoms with Gasteiger partial charge in [-0.1, -0.05) is 54.1 Å². The van der Waals surface area contributed by atoms with E-state index in [-0.39, 0.29) is 11.8 Å². The topological polar surface area (TPSA) is 64.6 Å². The molecule has 1 heterocycles. The molecule has 0 aromatic heterocycles. The highest BCUT2D eigenvalue weighted by Gasteiger charge is 2.29. The van der Waals surface area contributed by atoms with Crippen LogP contribution in [0, 0.1) is 6.92 Å². The molecule has 1 amide bonds. The number of benzene rings is 4. The molecule has 0 radical (unpaired) electrons. The summed E-state index contributed by atoms with van der Waals surface area (Å²) in [6.07, 6.45) is 0.326. The van der Waals surface area contributed by atoms with Crippen molar-refractivity contribution < 1.29 is 19.1 Å². The lowest BCUT2D eigenvalue weighted by Crippen LogP contribution is -2.23. The first-order valence-corrected chi connectivity index (χ1v) is 10.8. The number of amides is 1. The first-order valence-electron chi connectivity index (χ1n) is 10.8. The average Bonchev–Trinajstić information content (AvgIpc) is 2.83. The SMILES string of the molecule is COc1cc([C@@H]2CC(=O)Nc3ccc4ccccc4c32)ccc1OC(=O)c1ccc(C)cc1. The lowest BCUT2D eigenvalue weighted by Gasteiger charge is -2.28. The highest BCUT2D eigenvalue weighted by molar-refractivity contribution is 6.01. The van der Waals surface area contributed by atoms with Crippen molar-refractivity contribution in [3.63, 3.8) is 0 Å². The van der Waals surface area contributed by atoms with Crippen molar-refractivity contribution in [2.45, 2.75) is 19.3 Å². The number of carbonyl (C=O) groups is 2. The van der Waals surface area contributed by atoms with Crippen LogP contribution in [0.5, 0.6) is 11.5 Å². The van der Waals surface area contributed by atoms with Crippen LogP contribution < -0.4 is 14.8 Å². The normalized spacial score (nSPS) is 15.0. The number of anilines is 1. The van der Waals surface area contributed by atoms with Crippen LogP contribution in [0.1, 0.15) is 39.4 Å². The summed E-state index contributed by atoms with van der Waals surface area (Å²) in [6, 6.07) is 24.8. The van der Waals surface area contributed by atoms with E-state index in [1.165, 1.54) is 0 Å². The molecule has 0 aliphatic carbocycles. The molecular formula is C28H23NO4. The maximum atomic E-state index is 12.6. The molecule has 1 atom stereocenters. The Labute approximate surface area is 192 Å². The van der Waals surface area contributed by atoms with Crippen molar-refractivity contribution in [3.8, 4) is 11.5 Å². The molecule has 0 saturated carbocycles. The van der Waals surface area contributed by atoms with E-state index < -0.39 is 5.97 Å². The zero-order valence-electron chi connectivity index (χ0n) is 18.4. The number of rotatable bonds is 4. The highest BCUT2D eigenvalue weighted by Crippen LogP contribution is 2.43. The molecule has 4 aromatic carbocycles. The second-order valence-electron chi connectivity index (χ2n) is 8.22. The number of hydrogen-bond donors (Lipinski definition) is 1. The molecule has 33 heavy (non-hydrogen) atoms. The summed E-state index contributed by atoms with van der Waals surface area (Å²) in [6.45, 7) is 1.96. The van der Waals surface area contributed by atoms with Crippen LogP contribution in [0.15, 0.2) is 78.9 Å². The van der Waals surface area contributed by atoms with Crippen molar-refractivity contribution >= 4 is 28.3 Å². The van der Waals surface area contributed by atoms with Crippen LogP contribution in [0.4, 0.5) is 5.69 Å². The van der Waals surface area contributed by atoms with Gasteiger partial charge in [0.25, 0.3) is 0 Å². The third-order valence-corrected chi connectivity index (χ3v) is 6.06. The van der Waals surface area contributed by atoms with Crippen molar-refractivity contribution in [2.75, 3.05) is 12.4 Å². The molecule has 0 saturated heterocycles. The summed E-state index contributed by atoms with van der Waals surface area (Å²) < 4.78 is 11.2. The lowest BCUT2D eigenvalue weighted by atomic mass is 9.82. The molecule has 4 aromatic rings. The second kappa shape index (κ2) is 8.43. The maximum Gasteiger partial charge on any atom is 0.343 e. The third-order valence-electron chi connectivity index (χ3n) is 6.06. The van der Waals surface area contributed by atoms with Crippen LogP contribution >= 0.6 is 0 Å². The smallest absolute Gasteiger partial charge is 0.343 e. The average molecular weight is 437 g/mol. The monoisotopic (exact) mass is 437 g/mol. The molecule has 0 fully saturated rings. The zero-order valence-corrected chi connectivity index (χ0v) is 18.4. The standard InChI is InChI=1S/C28H23NO4/c1-17-7-9-19(10-8-17)28(31)33-24-14-12-20(15-25(24)32-2)22-16-26(30)29-23-13-11-18-5-3-4-6-21(18)27(22)23/h3-15,22H,16H2,1-2H3,(H,29,30)/t22-/m0/s1. The number of ether oxygens (including phenoxy) is 2. The van der Waals surface area contributed by atoms with Gasteiger partial charge >= 0.3 is 5.97 Å². The summed E-state index contributed by atoms with van der Waals surface area (Å²) >= 11 is 0. The maximum absolute atomic E-state index is 12.6. The summed E-state index contributed by atoms with van der Waals surface area (Å²) in [5.74, 6) is 0.160. The number of hydrogen-bond acceptors (Lipinski definition) is 4. The van der Waals surface area contributed by atoms with Gasteiger partial charge in [0.05, 0.1) is 12.7 Å². The molecule has 0 unspecified atom stereocenters. The number of aryl methyl sites for hydroxylation is 1. The van der Waals surface area contributed by atoms with E-state index in [9.17, 15) is 9.59 Å². The van der Waals surface area contributed by atoms with Crippen LogP contribution in [-0.2, 0) is 4.79 Å². The first kappa shape index (κ1) is 20.8. The Bertz CT molecular complexity index is 1370. The Hall–Kier alpha value is -4.12. The fourth-order valence-electron chi connectivity index (χ4n) is 4.39. The van der Waals surface area contributed by atoms with Crippen molar-refractivity contribution in [2.24, 2.45) is 0 Å². The summed E-state index contributed by atoms with van der Waals surface area (Å²) in [7, 11) is 1.54. The fraction of sp³-hybridized carbons (Fsp3) is 0.143. The summed E-state index contributed by atoms with van der Waals surface area (Å²) in [5, 5.41) is 5.22. The second-order valence-corrected chi connectivity index (χ2v) is 8.22. The van der Waals surface area contributed by atoms with Gasteiger partial charge in [0.1, 0.15) is 0 Å². The fourth-order valence-corrected chi connectivity index (χ4v) is 4.39. The molecule has 5 heteroatoms. The number of esters is 1. The van der Waals surface area contributed by atoms with Gasteiger partial charge in [0.2, 0.25) is 5.91 Å². The van der Waals surface area contributed by atoms with E-state index in [1.54, 1.807) is 25.3 Å². The molecule has 0 bridgehead atoms.